The molecule has 0 aliphatic carbocycles. The van der Waals surface area contributed by atoms with Crippen LogP contribution in [0.15, 0.2) is 48.8 Å². The molecule has 16 heavy (non-hydrogen) atoms. The van der Waals surface area contributed by atoms with E-state index in [0.717, 1.165) is 10.9 Å². The number of fused-ring (bicyclic) bond motifs is 1. The Hall–Kier alpha value is -2.36. The molecule has 3 rings (SSSR count). The molecule has 2 N–H and O–H groups in total. The van der Waals surface area contributed by atoms with Crippen molar-refractivity contribution in [2.75, 3.05) is 5.73 Å². The van der Waals surface area contributed by atoms with Crippen LogP contribution in [0.4, 0.5) is 5.69 Å². The Morgan fingerprint density at radius 3 is 2.81 bits per heavy atom. The summed E-state index contributed by atoms with van der Waals surface area (Å²) in [4.78, 5) is 4.25. The van der Waals surface area contributed by atoms with Gasteiger partial charge < -0.3 is 5.73 Å². The van der Waals surface area contributed by atoms with E-state index in [4.69, 9.17) is 5.73 Å². The number of nitrogen functional groups attached to an aromatic ring is 1. The lowest BCUT2D eigenvalue weighted by atomic mass is 10.2. The fourth-order valence-corrected chi connectivity index (χ4v) is 1.73. The highest BCUT2D eigenvalue weighted by molar-refractivity contribution is 5.80. The summed E-state index contributed by atoms with van der Waals surface area (Å²) in [6.45, 7) is 0. The van der Waals surface area contributed by atoms with Crippen LogP contribution in [-0.4, -0.2) is 14.8 Å². The standard InChI is InChI=1S/C12H10N4/c13-10-5-3-7-14-12(10)16-11-6-2-1-4-9(11)8-15-16/h1-8H,13H2. The predicted octanol–water partition coefficient (Wildman–Crippen LogP) is 2.00. The lowest BCUT2D eigenvalue weighted by Crippen LogP contribution is -2.03. The highest BCUT2D eigenvalue weighted by atomic mass is 15.3. The van der Waals surface area contributed by atoms with E-state index in [2.05, 4.69) is 10.1 Å². The van der Waals surface area contributed by atoms with Gasteiger partial charge in [0.1, 0.15) is 0 Å². The number of nitrogens with two attached hydrogens (primary N) is 1. The van der Waals surface area contributed by atoms with Crippen molar-refractivity contribution >= 4 is 16.6 Å². The van der Waals surface area contributed by atoms with Crippen LogP contribution < -0.4 is 5.73 Å². The molecule has 0 aliphatic rings. The molecule has 0 radical (unpaired) electrons. The van der Waals surface area contributed by atoms with Crippen LogP contribution in [0.25, 0.3) is 16.7 Å². The van der Waals surface area contributed by atoms with Crippen LogP contribution in [0.5, 0.6) is 0 Å². The summed E-state index contributed by atoms with van der Waals surface area (Å²) in [5.74, 6) is 0.670. The molecule has 0 unspecified atom stereocenters. The molecular weight excluding hydrogens is 200 g/mol. The first-order valence-corrected chi connectivity index (χ1v) is 5.00. The van der Waals surface area contributed by atoms with Crippen molar-refractivity contribution in [1.82, 2.24) is 14.8 Å². The topological polar surface area (TPSA) is 56.7 Å². The minimum atomic E-state index is 0.622. The van der Waals surface area contributed by atoms with E-state index in [9.17, 15) is 0 Å². The average molecular weight is 210 g/mol. The maximum absolute atomic E-state index is 5.88. The molecule has 0 fully saturated rings. The van der Waals surface area contributed by atoms with E-state index in [1.807, 2.05) is 42.6 Å². The molecule has 0 atom stereocenters. The van der Waals surface area contributed by atoms with Crippen LogP contribution in [-0.2, 0) is 0 Å². The normalized spacial score (nSPS) is 10.8. The number of pyridine rings is 1. The monoisotopic (exact) mass is 210 g/mol. The quantitative estimate of drug-likeness (QED) is 0.668. The second-order valence-corrected chi connectivity index (χ2v) is 3.53. The van der Waals surface area contributed by atoms with E-state index < -0.39 is 0 Å². The van der Waals surface area contributed by atoms with E-state index in [0.29, 0.717) is 11.5 Å². The number of hydrogen-bond acceptors (Lipinski definition) is 3. The smallest absolute Gasteiger partial charge is 0.177 e. The fourth-order valence-electron chi connectivity index (χ4n) is 1.73. The van der Waals surface area contributed by atoms with Gasteiger partial charge in [-0.15, -0.1) is 0 Å². The van der Waals surface area contributed by atoms with Crippen LogP contribution in [0.1, 0.15) is 0 Å². The van der Waals surface area contributed by atoms with Gasteiger partial charge in [-0.2, -0.15) is 5.10 Å². The Balaban J connectivity index is 2.31. The van der Waals surface area contributed by atoms with Crippen molar-refractivity contribution < 1.29 is 0 Å². The van der Waals surface area contributed by atoms with Gasteiger partial charge in [0.15, 0.2) is 5.82 Å². The Morgan fingerprint density at radius 2 is 1.94 bits per heavy atom. The molecular formula is C12H10N4. The van der Waals surface area contributed by atoms with Crippen molar-refractivity contribution in [2.24, 2.45) is 0 Å². The predicted molar refractivity (Wildman–Crippen MR) is 63.3 cm³/mol. The lowest BCUT2D eigenvalue weighted by Gasteiger charge is -2.04. The summed E-state index contributed by atoms with van der Waals surface area (Å²) >= 11 is 0. The van der Waals surface area contributed by atoms with E-state index in [1.54, 1.807) is 10.9 Å². The van der Waals surface area contributed by atoms with Gasteiger partial charge in [-0.1, -0.05) is 18.2 Å². The zero-order valence-corrected chi connectivity index (χ0v) is 8.54. The average Bonchev–Trinajstić information content (AvgIpc) is 2.74. The number of nitrogens with zero attached hydrogens (tertiary/aromatic N) is 3. The third-order valence-electron chi connectivity index (χ3n) is 2.49. The van der Waals surface area contributed by atoms with Crippen LogP contribution in [0, 0.1) is 0 Å². The summed E-state index contributed by atoms with van der Waals surface area (Å²) in [5, 5.41) is 5.38. The van der Waals surface area contributed by atoms with Gasteiger partial charge in [0.25, 0.3) is 0 Å². The summed E-state index contributed by atoms with van der Waals surface area (Å²) in [6.07, 6.45) is 3.52. The minimum absolute atomic E-state index is 0.622. The Bertz CT molecular complexity index is 642. The largest absolute Gasteiger partial charge is 0.396 e. The van der Waals surface area contributed by atoms with Gasteiger partial charge >= 0.3 is 0 Å². The molecule has 1 aromatic carbocycles. The summed E-state index contributed by atoms with van der Waals surface area (Å²) in [6, 6.07) is 11.6. The molecule has 4 heteroatoms. The number of anilines is 1. The zero-order valence-electron chi connectivity index (χ0n) is 8.54. The van der Waals surface area contributed by atoms with Gasteiger partial charge in [-0.25, -0.2) is 9.67 Å². The summed E-state index contributed by atoms with van der Waals surface area (Å²) in [7, 11) is 0. The van der Waals surface area contributed by atoms with Gasteiger partial charge in [0.05, 0.1) is 17.4 Å². The maximum atomic E-state index is 5.88. The van der Waals surface area contributed by atoms with Gasteiger partial charge in [-0.3, -0.25) is 0 Å². The third-order valence-corrected chi connectivity index (χ3v) is 2.49. The number of para-hydroxylation sites is 1. The molecule has 2 heterocycles. The molecule has 0 saturated heterocycles. The molecule has 0 spiro atoms. The van der Waals surface area contributed by atoms with Gasteiger partial charge in [0, 0.05) is 11.6 Å². The second kappa shape index (κ2) is 3.34. The minimum Gasteiger partial charge on any atom is -0.396 e. The first kappa shape index (κ1) is 8.91. The third kappa shape index (κ3) is 1.24. The molecule has 0 amide bonds. The molecule has 78 valence electrons. The lowest BCUT2D eigenvalue weighted by molar-refractivity contribution is 0.878. The van der Waals surface area contributed by atoms with Crippen molar-refractivity contribution in [1.29, 1.82) is 0 Å². The van der Waals surface area contributed by atoms with Crippen molar-refractivity contribution in [3.05, 3.63) is 48.8 Å². The fraction of sp³-hybridized carbons (Fsp3) is 0. The maximum Gasteiger partial charge on any atom is 0.177 e. The molecule has 2 aromatic heterocycles. The number of aromatic nitrogens is 3. The number of hydrogen-bond donors (Lipinski definition) is 1. The van der Waals surface area contributed by atoms with Crippen LogP contribution >= 0.6 is 0 Å². The molecule has 0 bridgehead atoms. The first-order valence-electron chi connectivity index (χ1n) is 5.00. The molecule has 3 aromatic rings. The summed E-state index contributed by atoms with van der Waals surface area (Å²) < 4.78 is 1.75. The highest BCUT2D eigenvalue weighted by Crippen LogP contribution is 2.19. The SMILES string of the molecule is Nc1cccnc1-n1ncc2ccccc21. The van der Waals surface area contributed by atoms with Crippen molar-refractivity contribution in [2.45, 2.75) is 0 Å². The van der Waals surface area contributed by atoms with E-state index in [1.165, 1.54) is 0 Å². The highest BCUT2D eigenvalue weighted by Gasteiger charge is 2.07. The van der Waals surface area contributed by atoms with Crippen molar-refractivity contribution in [3.8, 4) is 5.82 Å². The first-order chi connectivity index (χ1) is 7.86. The van der Waals surface area contributed by atoms with Gasteiger partial charge in [0.2, 0.25) is 0 Å². The number of rotatable bonds is 1. The summed E-state index contributed by atoms with van der Waals surface area (Å²) in [5.41, 5.74) is 7.51. The molecule has 4 nitrogen and oxygen atoms in total. The Labute approximate surface area is 92.3 Å². The molecule has 0 aliphatic heterocycles. The van der Waals surface area contributed by atoms with Crippen LogP contribution in [0.2, 0.25) is 0 Å². The van der Waals surface area contributed by atoms with Crippen LogP contribution in [0.3, 0.4) is 0 Å². The second-order valence-electron chi connectivity index (χ2n) is 3.53. The zero-order chi connectivity index (χ0) is 11.0. The Kier molecular flexibility index (Phi) is 1.86. The van der Waals surface area contributed by atoms with E-state index in [-0.39, 0.29) is 0 Å². The van der Waals surface area contributed by atoms with Crippen molar-refractivity contribution in [3.63, 3.8) is 0 Å². The van der Waals surface area contributed by atoms with Gasteiger partial charge in [-0.05, 0) is 18.2 Å². The molecule has 0 saturated carbocycles. The van der Waals surface area contributed by atoms with E-state index >= 15 is 0 Å². The Morgan fingerprint density at radius 1 is 1.06 bits per heavy atom. The number of benzene rings is 1.